The van der Waals surface area contributed by atoms with Crippen molar-refractivity contribution in [2.24, 2.45) is 9.98 Å². The molecule has 6 radical (unpaired) electrons. The summed E-state index contributed by atoms with van der Waals surface area (Å²) >= 11 is 0. The van der Waals surface area contributed by atoms with Crippen LogP contribution in [-0.4, -0.2) is 79.1 Å². The van der Waals surface area contributed by atoms with Gasteiger partial charge in [0.25, 0.3) is 5.97 Å². The number of carboxylic acids is 1. The molecular formula is C41H58B2N8O3. The molecule has 0 bridgehead atoms. The maximum absolute atomic E-state index is 9.44. The number of fused-ring (bicyclic) bond motifs is 6. The minimum absolute atomic E-state index is 0. The van der Waals surface area contributed by atoms with Crippen LogP contribution in [0.1, 0.15) is 105 Å². The number of carbonyl (C=O) groups excluding carboxylic acids is 1. The summed E-state index contributed by atoms with van der Waals surface area (Å²) in [5.74, 6) is 0.633. The molecule has 0 fully saturated rings. The molecule has 2 aromatic carbocycles. The second-order valence-electron chi connectivity index (χ2n) is 12.6. The highest BCUT2D eigenvalue weighted by Gasteiger charge is 2.23. The van der Waals surface area contributed by atoms with Gasteiger partial charge in [0.05, 0.1) is 24.5 Å². The van der Waals surface area contributed by atoms with Crippen molar-refractivity contribution in [1.82, 2.24) is 19.9 Å². The summed E-state index contributed by atoms with van der Waals surface area (Å²) < 4.78 is 0. The van der Waals surface area contributed by atoms with Gasteiger partial charge in [0.15, 0.2) is 0 Å². The van der Waals surface area contributed by atoms with E-state index in [9.17, 15) is 4.79 Å². The molecule has 0 atom stereocenters. The van der Waals surface area contributed by atoms with Gasteiger partial charge >= 0.3 is 0 Å². The molecule has 3 N–H and O–H groups in total. The Morgan fingerprint density at radius 2 is 0.907 bits per heavy atom. The zero-order valence-electron chi connectivity index (χ0n) is 32.8. The van der Waals surface area contributed by atoms with Crippen LogP contribution >= 0.6 is 0 Å². The van der Waals surface area contributed by atoms with E-state index in [0.29, 0.717) is 25.0 Å². The molecule has 0 amide bonds. The second kappa shape index (κ2) is 22.1. The second-order valence-corrected chi connectivity index (χ2v) is 12.6. The minimum atomic E-state index is -0.833. The molecule has 13 heteroatoms. The predicted molar refractivity (Wildman–Crippen MR) is 229 cm³/mol. The van der Waals surface area contributed by atoms with Gasteiger partial charge in [-0.2, -0.15) is 0 Å². The van der Waals surface area contributed by atoms with Crippen molar-refractivity contribution in [2.75, 3.05) is 24.7 Å². The lowest BCUT2D eigenvalue weighted by atomic mass is 9.89. The van der Waals surface area contributed by atoms with Crippen LogP contribution in [0, 0.1) is 41.5 Å². The Balaban J connectivity index is 0. The van der Waals surface area contributed by atoms with Crippen LogP contribution in [-0.2, 0) is 22.7 Å². The van der Waals surface area contributed by atoms with Crippen LogP contribution in [0.5, 0.6) is 0 Å². The third-order valence-electron chi connectivity index (χ3n) is 8.72. The van der Waals surface area contributed by atoms with Gasteiger partial charge in [-0.1, -0.05) is 14.9 Å². The maximum Gasteiger partial charge on any atom is 0.300 e. The fraction of sp³-hybridized carbons (Fsp3) is 0.415. The van der Waals surface area contributed by atoms with Crippen molar-refractivity contribution in [3.63, 3.8) is 0 Å². The topological polar surface area (TPSA) is 155 Å². The Hall–Kier alpha value is -5.19. The number of ketones is 1. The van der Waals surface area contributed by atoms with E-state index >= 15 is 0 Å². The van der Waals surface area contributed by atoms with Crippen LogP contribution < -0.4 is 10.6 Å². The number of anilines is 2. The van der Waals surface area contributed by atoms with Gasteiger partial charge in [-0.25, -0.2) is 19.9 Å². The summed E-state index contributed by atoms with van der Waals surface area (Å²) in [6.07, 6.45) is 3.77. The summed E-state index contributed by atoms with van der Waals surface area (Å²) in [5.41, 5.74) is 18.9. The van der Waals surface area contributed by atoms with Gasteiger partial charge in [0.2, 0.25) is 11.9 Å². The molecule has 0 spiro atoms. The molecule has 4 aromatic rings. The van der Waals surface area contributed by atoms with E-state index in [4.69, 9.17) is 19.9 Å². The summed E-state index contributed by atoms with van der Waals surface area (Å²) in [6, 6.07) is 4.46. The van der Waals surface area contributed by atoms with E-state index < -0.39 is 5.97 Å². The van der Waals surface area contributed by atoms with Crippen LogP contribution in [0.15, 0.2) is 34.5 Å². The molecule has 11 nitrogen and oxygen atoms in total. The smallest absolute Gasteiger partial charge is 0.300 e. The number of hydrogen-bond acceptors (Lipinski definition) is 10. The molecule has 2 aromatic heterocycles. The number of benzene rings is 2. The number of nitrogens with one attached hydrogen (secondary N) is 2. The molecule has 2 aliphatic heterocycles. The number of carboxylic acid groups (broad SMARTS) is 1. The number of Topliss-reactive ketones (excluding diaryl/α,β-unsaturated/α-hetero) is 1. The quantitative estimate of drug-likeness (QED) is 0.174. The summed E-state index contributed by atoms with van der Waals surface area (Å²) in [6.45, 7) is 22.5. The van der Waals surface area contributed by atoms with Crippen LogP contribution in [0.25, 0.3) is 22.5 Å². The van der Waals surface area contributed by atoms with E-state index in [-0.39, 0.29) is 37.5 Å². The third kappa shape index (κ3) is 11.9. The van der Waals surface area contributed by atoms with E-state index in [1.807, 2.05) is 26.5 Å². The summed E-state index contributed by atoms with van der Waals surface area (Å²) in [4.78, 5) is 45.9. The van der Waals surface area contributed by atoms with E-state index in [2.05, 4.69) is 98.1 Å². The number of hydrogen-bond donors (Lipinski definition) is 3. The molecule has 0 saturated carbocycles. The Bertz CT molecular complexity index is 1860. The highest BCUT2D eigenvalue weighted by Crippen LogP contribution is 2.37. The van der Waals surface area contributed by atoms with Gasteiger partial charge < -0.3 is 20.5 Å². The fourth-order valence-electron chi connectivity index (χ4n) is 5.64. The van der Waals surface area contributed by atoms with Crippen molar-refractivity contribution in [3.05, 3.63) is 80.2 Å². The SMILES string of the molecule is C.C.CC(=O)O.CC(C)=O.CNc1ncc2c(n1)-c1c(cc(C)c(C)c1C)C(C)=NC2.CNc1ncc2c(n1)-c1c(cc(C)c(C)c1C)C(C)=NC2.[B].[B]. The lowest BCUT2D eigenvalue weighted by Gasteiger charge is -2.17. The van der Waals surface area contributed by atoms with Crippen molar-refractivity contribution < 1.29 is 14.7 Å². The molecule has 54 heavy (non-hydrogen) atoms. The lowest BCUT2D eigenvalue weighted by molar-refractivity contribution is -0.134. The Morgan fingerprint density at radius 3 is 1.19 bits per heavy atom. The van der Waals surface area contributed by atoms with Crippen LogP contribution in [0.3, 0.4) is 0 Å². The van der Waals surface area contributed by atoms with Crippen molar-refractivity contribution in [3.8, 4) is 22.5 Å². The number of aromatic nitrogens is 4. The first kappa shape index (κ1) is 50.9. The average Bonchev–Trinajstić information content (AvgIpc) is 3.29. The first-order valence-corrected chi connectivity index (χ1v) is 16.5. The number of nitrogens with zero attached hydrogens (tertiary/aromatic N) is 6. The van der Waals surface area contributed by atoms with Gasteiger partial charge in [-0.05, 0) is 115 Å². The van der Waals surface area contributed by atoms with Crippen molar-refractivity contribution in [2.45, 2.75) is 104 Å². The van der Waals surface area contributed by atoms with Gasteiger partial charge in [-0.15, -0.1) is 0 Å². The summed E-state index contributed by atoms with van der Waals surface area (Å²) in [5, 5.41) is 13.5. The maximum atomic E-state index is 9.44. The van der Waals surface area contributed by atoms with Crippen molar-refractivity contribution in [1.29, 1.82) is 0 Å². The van der Waals surface area contributed by atoms with Gasteiger partial charge in [0.1, 0.15) is 5.78 Å². The average molecular weight is 733 g/mol. The summed E-state index contributed by atoms with van der Waals surface area (Å²) in [7, 11) is 3.68. The monoisotopic (exact) mass is 732 g/mol. The molecular weight excluding hydrogens is 674 g/mol. The van der Waals surface area contributed by atoms with E-state index in [1.54, 1.807) is 0 Å². The van der Waals surface area contributed by atoms with Gasteiger partial charge in [0, 0.05) is 95.0 Å². The highest BCUT2D eigenvalue weighted by molar-refractivity contribution is 6.07. The lowest BCUT2D eigenvalue weighted by Crippen LogP contribution is -2.05. The Labute approximate surface area is 327 Å². The molecule has 6 rings (SSSR count). The molecule has 0 aliphatic carbocycles. The largest absolute Gasteiger partial charge is 0.481 e. The van der Waals surface area contributed by atoms with Crippen LogP contribution in [0.2, 0.25) is 0 Å². The van der Waals surface area contributed by atoms with E-state index in [1.165, 1.54) is 69.5 Å². The molecule has 0 saturated heterocycles. The number of aryl methyl sites for hydroxylation is 2. The standard InChI is InChI=1S/2C17H20N4.C3H6O.C2H4O2.2CH4.2B/c2*1-9-6-14-12(4)19-7-13-8-20-17(18-5)21-16(13)15(14)11(3)10(9)2;1-3(2)4;1-2(3)4;;;;/h2*6,8H,7H2,1-5H3,(H,18,20,21);1-2H3;1H3,(H,3,4);2*1H4;;. The highest BCUT2D eigenvalue weighted by atomic mass is 16.4. The zero-order valence-corrected chi connectivity index (χ0v) is 32.8. The number of aliphatic carboxylic acids is 1. The number of aliphatic imine (C=N–C) groups is 2. The van der Waals surface area contributed by atoms with Crippen LogP contribution in [0.4, 0.5) is 11.9 Å². The first-order chi connectivity index (χ1) is 23.5. The molecule has 286 valence electrons. The fourth-order valence-corrected chi connectivity index (χ4v) is 5.64. The third-order valence-corrected chi connectivity index (χ3v) is 8.72. The van der Waals surface area contributed by atoms with E-state index in [0.717, 1.165) is 40.9 Å². The normalized spacial score (nSPS) is 11.1. The Kier molecular flexibility index (Phi) is 20.9. The number of carbonyl (C=O) groups is 2. The first-order valence-electron chi connectivity index (χ1n) is 16.5. The Morgan fingerprint density at radius 1 is 0.611 bits per heavy atom. The molecule has 0 unspecified atom stereocenters. The van der Waals surface area contributed by atoms with Gasteiger partial charge in [-0.3, -0.25) is 14.8 Å². The zero-order chi connectivity index (χ0) is 37.4. The number of rotatable bonds is 2. The van der Waals surface area contributed by atoms with Crippen molar-refractivity contribution >= 4 is 51.9 Å². The molecule has 2 aliphatic rings. The molecule has 4 heterocycles. The minimum Gasteiger partial charge on any atom is -0.481 e. The predicted octanol–water partition coefficient (Wildman–Crippen LogP) is 8.06.